The molecule has 0 bridgehead atoms. The summed E-state index contributed by atoms with van der Waals surface area (Å²) in [6.45, 7) is 8.95. The maximum atomic E-state index is 13.1. The van der Waals surface area contributed by atoms with E-state index in [4.69, 9.17) is 0 Å². The molecule has 1 aromatic carbocycles. The monoisotopic (exact) mass is 343 g/mol. The summed E-state index contributed by atoms with van der Waals surface area (Å²) in [5.74, 6) is 0.252. The topological polar surface area (TPSA) is 43.9 Å². The van der Waals surface area contributed by atoms with Crippen LogP contribution in [-0.2, 0) is 11.2 Å². The smallest absolute Gasteiger partial charge is 0.319 e. The van der Waals surface area contributed by atoms with Gasteiger partial charge in [0.15, 0.2) is 0 Å². The summed E-state index contributed by atoms with van der Waals surface area (Å²) in [6.07, 6.45) is 2.45. The summed E-state index contributed by atoms with van der Waals surface area (Å²) in [5.41, 5.74) is 2.33. The van der Waals surface area contributed by atoms with Crippen LogP contribution in [0.15, 0.2) is 24.3 Å². The van der Waals surface area contributed by atoms with Gasteiger partial charge in [0.05, 0.1) is 0 Å². The molecule has 1 saturated heterocycles. The van der Waals surface area contributed by atoms with E-state index < -0.39 is 0 Å². The lowest BCUT2D eigenvalue weighted by atomic mass is 9.95. The van der Waals surface area contributed by atoms with E-state index in [2.05, 4.69) is 19.1 Å². The second kappa shape index (κ2) is 7.46. The molecule has 0 spiro atoms. The Balaban J connectivity index is 1.64. The van der Waals surface area contributed by atoms with Crippen molar-refractivity contribution in [2.75, 3.05) is 31.1 Å². The van der Waals surface area contributed by atoms with Gasteiger partial charge in [-0.15, -0.1) is 0 Å². The molecule has 2 heterocycles. The number of rotatable bonds is 3. The Morgan fingerprint density at radius 2 is 1.76 bits per heavy atom. The molecule has 0 unspecified atom stereocenters. The van der Waals surface area contributed by atoms with Crippen LogP contribution in [0.1, 0.15) is 39.2 Å². The highest BCUT2D eigenvalue weighted by molar-refractivity contribution is 5.97. The molecule has 3 rings (SSSR count). The summed E-state index contributed by atoms with van der Waals surface area (Å²) in [7, 11) is 0. The van der Waals surface area contributed by atoms with Crippen LogP contribution in [0.3, 0.4) is 0 Å². The van der Waals surface area contributed by atoms with Gasteiger partial charge in [-0.25, -0.2) is 4.79 Å². The van der Waals surface area contributed by atoms with Crippen LogP contribution in [0.2, 0.25) is 0 Å². The molecular formula is C20H29N3O2. The fraction of sp³-hybridized carbons (Fsp3) is 0.600. The number of piperidine rings is 1. The van der Waals surface area contributed by atoms with Crippen LogP contribution >= 0.6 is 0 Å². The van der Waals surface area contributed by atoms with E-state index in [0.29, 0.717) is 13.1 Å². The second-order valence-electron chi connectivity index (χ2n) is 7.11. The normalized spacial score (nSPS) is 20.5. The molecular weight excluding hydrogens is 314 g/mol. The van der Waals surface area contributed by atoms with Crippen molar-refractivity contribution in [2.45, 2.75) is 46.1 Å². The Morgan fingerprint density at radius 3 is 2.40 bits per heavy atom. The van der Waals surface area contributed by atoms with E-state index >= 15 is 0 Å². The average molecular weight is 343 g/mol. The molecule has 2 aliphatic heterocycles. The van der Waals surface area contributed by atoms with E-state index in [1.807, 2.05) is 40.7 Å². The summed E-state index contributed by atoms with van der Waals surface area (Å²) in [6, 6.07) is 8.54. The van der Waals surface area contributed by atoms with Crippen LogP contribution < -0.4 is 4.90 Å². The van der Waals surface area contributed by atoms with Crippen LogP contribution in [0.4, 0.5) is 10.5 Å². The fourth-order valence-electron chi connectivity index (χ4n) is 4.11. The summed E-state index contributed by atoms with van der Waals surface area (Å²) in [5, 5.41) is 0. The van der Waals surface area contributed by atoms with E-state index in [1.54, 1.807) is 0 Å². The third kappa shape index (κ3) is 3.37. The van der Waals surface area contributed by atoms with Crippen LogP contribution in [-0.4, -0.2) is 54.0 Å². The fourth-order valence-corrected chi connectivity index (χ4v) is 4.11. The average Bonchev–Trinajstić information content (AvgIpc) is 2.98. The highest BCUT2D eigenvalue weighted by Crippen LogP contribution is 2.34. The number of urea groups is 1. The first-order valence-corrected chi connectivity index (χ1v) is 9.51. The highest BCUT2D eigenvalue weighted by atomic mass is 16.2. The molecule has 136 valence electrons. The molecule has 0 radical (unpaired) electrons. The zero-order valence-corrected chi connectivity index (χ0v) is 15.6. The molecule has 2 aliphatic rings. The first-order chi connectivity index (χ1) is 12.1. The molecule has 0 aliphatic carbocycles. The third-order valence-electron chi connectivity index (χ3n) is 5.59. The number of carbonyl (C=O) groups is 2. The molecule has 0 saturated carbocycles. The Hall–Kier alpha value is -2.04. The Labute approximate surface area is 150 Å². The number of anilines is 1. The minimum atomic E-state index is 0.0226. The molecule has 1 aromatic rings. The van der Waals surface area contributed by atoms with Crippen LogP contribution in [0, 0.1) is 5.92 Å². The van der Waals surface area contributed by atoms with E-state index in [0.717, 1.165) is 38.0 Å². The van der Waals surface area contributed by atoms with Crippen molar-refractivity contribution in [3.8, 4) is 0 Å². The van der Waals surface area contributed by atoms with Gasteiger partial charge in [0, 0.05) is 43.8 Å². The maximum absolute atomic E-state index is 13.1. The number of likely N-dealkylation sites (tertiary alicyclic amines) is 1. The lowest BCUT2D eigenvalue weighted by molar-refractivity contribution is -0.124. The number of hydrogen-bond donors (Lipinski definition) is 0. The van der Waals surface area contributed by atoms with Gasteiger partial charge in [0.25, 0.3) is 0 Å². The molecule has 0 aromatic heterocycles. The Bertz CT molecular complexity index is 634. The van der Waals surface area contributed by atoms with Gasteiger partial charge < -0.3 is 14.7 Å². The SMILES string of the molecule is CCN(CC)C(=O)N1CCC(C(=O)N2c3ccccc3C[C@H]2C)CC1. The van der Waals surface area contributed by atoms with Gasteiger partial charge in [0.1, 0.15) is 0 Å². The maximum Gasteiger partial charge on any atom is 0.319 e. The minimum absolute atomic E-state index is 0.0226. The Morgan fingerprint density at radius 1 is 1.12 bits per heavy atom. The first kappa shape index (κ1) is 17.8. The van der Waals surface area contributed by atoms with Crippen molar-refractivity contribution in [1.29, 1.82) is 0 Å². The first-order valence-electron chi connectivity index (χ1n) is 9.51. The van der Waals surface area contributed by atoms with Crippen molar-refractivity contribution >= 4 is 17.6 Å². The third-order valence-corrected chi connectivity index (χ3v) is 5.59. The molecule has 1 fully saturated rings. The van der Waals surface area contributed by atoms with Gasteiger partial charge in [-0.1, -0.05) is 18.2 Å². The quantitative estimate of drug-likeness (QED) is 0.846. The summed E-state index contributed by atoms with van der Waals surface area (Å²) >= 11 is 0. The van der Waals surface area contributed by atoms with Crippen molar-refractivity contribution in [3.05, 3.63) is 29.8 Å². The van der Waals surface area contributed by atoms with Gasteiger partial charge in [-0.05, 0) is 51.7 Å². The highest BCUT2D eigenvalue weighted by Gasteiger charge is 2.36. The summed E-state index contributed by atoms with van der Waals surface area (Å²) in [4.78, 5) is 31.3. The molecule has 3 amide bonds. The minimum Gasteiger partial charge on any atom is -0.325 e. The van der Waals surface area contributed by atoms with Gasteiger partial charge in [-0.2, -0.15) is 0 Å². The lowest BCUT2D eigenvalue weighted by Crippen LogP contribution is -2.49. The van der Waals surface area contributed by atoms with E-state index in [9.17, 15) is 9.59 Å². The molecule has 5 heteroatoms. The zero-order valence-electron chi connectivity index (χ0n) is 15.6. The van der Waals surface area contributed by atoms with E-state index in [1.165, 1.54) is 5.56 Å². The number of para-hydroxylation sites is 1. The molecule has 1 atom stereocenters. The van der Waals surface area contributed by atoms with Gasteiger partial charge in [0.2, 0.25) is 5.91 Å². The number of hydrogen-bond acceptors (Lipinski definition) is 2. The number of carbonyl (C=O) groups excluding carboxylic acids is 2. The van der Waals surface area contributed by atoms with Crippen LogP contribution in [0.25, 0.3) is 0 Å². The standard InChI is InChI=1S/C20H29N3O2/c1-4-21(5-2)20(25)22-12-10-16(11-13-22)19(24)23-15(3)14-17-8-6-7-9-18(17)23/h6-9,15-16H,4-5,10-14H2,1-3H3/t15-/m1/s1. The van der Waals surface area contributed by atoms with Crippen molar-refractivity contribution in [2.24, 2.45) is 5.92 Å². The number of nitrogens with zero attached hydrogens (tertiary/aromatic N) is 3. The van der Waals surface area contributed by atoms with Crippen molar-refractivity contribution in [3.63, 3.8) is 0 Å². The van der Waals surface area contributed by atoms with Gasteiger partial charge >= 0.3 is 6.03 Å². The molecule has 25 heavy (non-hydrogen) atoms. The predicted molar refractivity (Wildman–Crippen MR) is 99.7 cm³/mol. The van der Waals surface area contributed by atoms with E-state index in [-0.39, 0.29) is 23.9 Å². The summed E-state index contributed by atoms with van der Waals surface area (Å²) < 4.78 is 0. The zero-order chi connectivity index (χ0) is 18.0. The lowest BCUT2D eigenvalue weighted by Gasteiger charge is -2.36. The largest absolute Gasteiger partial charge is 0.325 e. The second-order valence-corrected chi connectivity index (χ2v) is 7.11. The number of fused-ring (bicyclic) bond motifs is 1. The Kier molecular flexibility index (Phi) is 5.30. The number of benzene rings is 1. The van der Waals surface area contributed by atoms with Gasteiger partial charge in [-0.3, -0.25) is 4.79 Å². The van der Waals surface area contributed by atoms with Crippen molar-refractivity contribution in [1.82, 2.24) is 9.80 Å². The van der Waals surface area contributed by atoms with Crippen molar-refractivity contribution < 1.29 is 9.59 Å². The number of amides is 3. The molecule has 5 nitrogen and oxygen atoms in total. The predicted octanol–water partition coefficient (Wildman–Crippen LogP) is 3.14. The van der Waals surface area contributed by atoms with Crippen LogP contribution in [0.5, 0.6) is 0 Å². The molecule has 0 N–H and O–H groups in total.